The fourth-order valence-corrected chi connectivity index (χ4v) is 2.11. The normalized spacial score (nSPS) is 13.2. The van der Waals surface area contributed by atoms with Gasteiger partial charge in [-0.25, -0.2) is 13.6 Å². The van der Waals surface area contributed by atoms with Crippen molar-refractivity contribution in [2.24, 2.45) is 10.9 Å². The lowest BCUT2D eigenvalue weighted by Gasteiger charge is -2.12. The lowest BCUT2D eigenvalue weighted by atomic mass is 10.2. The smallest absolute Gasteiger partial charge is 0.241 e. The van der Waals surface area contributed by atoms with Gasteiger partial charge in [0.05, 0.1) is 10.9 Å². The molecular formula is C10H15N3O3S. The second kappa shape index (κ2) is 4.82. The van der Waals surface area contributed by atoms with Gasteiger partial charge < -0.3 is 11.1 Å². The van der Waals surface area contributed by atoms with Gasteiger partial charge in [0.2, 0.25) is 15.9 Å². The summed E-state index contributed by atoms with van der Waals surface area (Å²) in [7, 11) is -3.79. The Bertz CT molecular complexity index is 538. The molecule has 94 valence electrons. The number of anilines is 1. The summed E-state index contributed by atoms with van der Waals surface area (Å²) < 4.78 is 22.5. The van der Waals surface area contributed by atoms with E-state index in [0.717, 1.165) is 0 Å². The highest BCUT2D eigenvalue weighted by atomic mass is 32.2. The first-order chi connectivity index (χ1) is 7.73. The van der Waals surface area contributed by atoms with Gasteiger partial charge in [-0.05, 0) is 31.5 Å². The Morgan fingerprint density at radius 2 is 2.00 bits per heavy atom. The van der Waals surface area contributed by atoms with Gasteiger partial charge in [0, 0.05) is 5.69 Å². The van der Waals surface area contributed by atoms with Gasteiger partial charge >= 0.3 is 0 Å². The van der Waals surface area contributed by atoms with Gasteiger partial charge in [-0.2, -0.15) is 0 Å². The van der Waals surface area contributed by atoms with Crippen LogP contribution in [-0.2, 0) is 14.8 Å². The number of nitrogens with two attached hydrogens (primary N) is 2. The van der Waals surface area contributed by atoms with Crippen LogP contribution in [-0.4, -0.2) is 20.4 Å². The molecule has 0 aromatic heterocycles. The molecular weight excluding hydrogens is 242 g/mol. The first-order valence-electron chi connectivity index (χ1n) is 4.92. The van der Waals surface area contributed by atoms with Gasteiger partial charge in [-0.3, -0.25) is 4.79 Å². The number of primary sulfonamides is 1. The molecule has 0 aliphatic carbocycles. The minimum absolute atomic E-state index is 0.0139. The molecule has 0 saturated carbocycles. The molecule has 0 radical (unpaired) electrons. The van der Waals surface area contributed by atoms with Gasteiger partial charge in [-0.15, -0.1) is 0 Å². The van der Waals surface area contributed by atoms with E-state index in [1.54, 1.807) is 13.0 Å². The van der Waals surface area contributed by atoms with E-state index in [1.165, 1.54) is 19.1 Å². The molecule has 0 fully saturated rings. The molecule has 0 aliphatic heterocycles. The van der Waals surface area contributed by atoms with Crippen molar-refractivity contribution < 1.29 is 13.2 Å². The fraction of sp³-hybridized carbons (Fsp3) is 0.300. The number of benzene rings is 1. The third-order valence-electron chi connectivity index (χ3n) is 2.26. The summed E-state index contributed by atoms with van der Waals surface area (Å²) in [6.45, 7) is 3.10. The van der Waals surface area contributed by atoms with Crippen molar-refractivity contribution in [1.29, 1.82) is 0 Å². The van der Waals surface area contributed by atoms with Crippen molar-refractivity contribution in [1.82, 2.24) is 0 Å². The summed E-state index contributed by atoms with van der Waals surface area (Å²) in [6.07, 6.45) is 0. The number of carbonyl (C=O) groups is 1. The molecule has 6 nitrogen and oxygen atoms in total. The molecule has 0 unspecified atom stereocenters. The Balaban J connectivity index is 3.16. The first-order valence-corrected chi connectivity index (χ1v) is 6.47. The zero-order valence-corrected chi connectivity index (χ0v) is 10.4. The average molecular weight is 257 g/mol. The summed E-state index contributed by atoms with van der Waals surface area (Å²) in [5.41, 5.74) is 6.18. The van der Waals surface area contributed by atoms with E-state index in [0.29, 0.717) is 11.3 Å². The van der Waals surface area contributed by atoms with Gasteiger partial charge in [0.25, 0.3) is 0 Å². The van der Waals surface area contributed by atoms with Gasteiger partial charge in [0.1, 0.15) is 0 Å². The van der Waals surface area contributed by atoms with Crippen molar-refractivity contribution in [2.45, 2.75) is 24.8 Å². The fourth-order valence-electron chi connectivity index (χ4n) is 1.30. The topological polar surface area (TPSA) is 115 Å². The van der Waals surface area contributed by atoms with Crippen LogP contribution < -0.4 is 16.2 Å². The lowest BCUT2D eigenvalue weighted by molar-refractivity contribution is -0.117. The van der Waals surface area contributed by atoms with Crippen LogP contribution in [0.3, 0.4) is 0 Å². The van der Waals surface area contributed by atoms with Crippen molar-refractivity contribution in [3.8, 4) is 0 Å². The Labute approximate surface area is 100 Å². The third kappa shape index (κ3) is 3.26. The van der Waals surface area contributed by atoms with E-state index in [1.807, 2.05) is 0 Å². The first kappa shape index (κ1) is 13.6. The second-order valence-corrected chi connectivity index (χ2v) is 5.28. The number of hydrogen-bond acceptors (Lipinski definition) is 4. The molecule has 1 amide bonds. The van der Waals surface area contributed by atoms with Crippen molar-refractivity contribution in [2.75, 3.05) is 5.32 Å². The Kier molecular flexibility index (Phi) is 3.87. The molecule has 0 heterocycles. The highest BCUT2D eigenvalue weighted by Gasteiger charge is 2.15. The Hall–Kier alpha value is -1.44. The van der Waals surface area contributed by atoms with E-state index in [9.17, 15) is 13.2 Å². The minimum atomic E-state index is -3.79. The van der Waals surface area contributed by atoms with Gasteiger partial charge in [-0.1, -0.05) is 6.07 Å². The van der Waals surface area contributed by atoms with E-state index < -0.39 is 16.1 Å². The lowest BCUT2D eigenvalue weighted by Crippen LogP contribution is -2.32. The maximum Gasteiger partial charge on any atom is 0.241 e. The van der Waals surface area contributed by atoms with Crippen LogP contribution in [0.4, 0.5) is 5.69 Å². The molecule has 5 N–H and O–H groups in total. The molecule has 17 heavy (non-hydrogen) atoms. The largest absolute Gasteiger partial charge is 0.324 e. The summed E-state index contributed by atoms with van der Waals surface area (Å²) >= 11 is 0. The predicted molar refractivity (Wildman–Crippen MR) is 64.8 cm³/mol. The Morgan fingerprint density at radius 3 is 2.47 bits per heavy atom. The van der Waals surface area contributed by atoms with E-state index in [-0.39, 0.29) is 10.8 Å². The SMILES string of the molecule is Cc1c(NC(=O)[C@H](C)N)cccc1S(N)(=O)=O. The second-order valence-electron chi connectivity index (χ2n) is 3.75. The molecule has 1 aromatic rings. The molecule has 1 rings (SSSR count). The number of sulfonamides is 1. The maximum atomic E-state index is 11.4. The van der Waals surface area contributed by atoms with Crippen LogP contribution >= 0.6 is 0 Å². The maximum absolute atomic E-state index is 11.4. The molecule has 7 heteroatoms. The molecule has 0 bridgehead atoms. The van der Waals surface area contributed by atoms with E-state index in [2.05, 4.69) is 5.32 Å². The number of carbonyl (C=O) groups excluding carboxylic acids is 1. The van der Waals surface area contributed by atoms with Crippen LogP contribution in [0, 0.1) is 6.92 Å². The van der Waals surface area contributed by atoms with E-state index >= 15 is 0 Å². The standard InChI is InChI=1S/C10H15N3O3S/c1-6-8(13-10(14)7(2)11)4-3-5-9(6)17(12,15)16/h3-5,7H,11H2,1-2H3,(H,13,14)(H2,12,15,16)/t7-/m0/s1. The number of nitrogens with one attached hydrogen (secondary N) is 1. The molecule has 0 aliphatic rings. The number of amides is 1. The summed E-state index contributed by atoms with van der Waals surface area (Å²) in [5.74, 6) is -0.389. The highest BCUT2D eigenvalue weighted by molar-refractivity contribution is 7.89. The summed E-state index contributed by atoms with van der Waals surface area (Å²) in [6, 6.07) is 3.80. The van der Waals surface area contributed by atoms with Gasteiger partial charge in [0.15, 0.2) is 0 Å². The Morgan fingerprint density at radius 1 is 1.41 bits per heavy atom. The summed E-state index contributed by atoms with van der Waals surface area (Å²) in [5, 5.41) is 7.59. The average Bonchev–Trinajstić information content (AvgIpc) is 2.19. The minimum Gasteiger partial charge on any atom is -0.324 e. The third-order valence-corrected chi connectivity index (χ3v) is 3.32. The van der Waals surface area contributed by atoms with Crippen LogP contribution in [0.15, 0.2) is 23.1 Å². The predicted octanol–water partition coefficient (Wildman–Crippen LogP) is -0.0719. The molecule has 1 aromatic carbocycles. The van der Waals surface area contributed by atoms with Crippen molar-refractivity contribution in [3.63, 3.8) is 0 Å². The highest BCUT2D eigenvalue weighted by Crippen LogP contribution is 2.21. The molecule has 0 saturated heterocycles. The quantitative estimate of drug-likeness (QED) is 0.702. The molecule has 1 atom stereocenters. The monoisotopic (exact) mass is 257 g/mol. The van der Waals surface area contributed by atoms with Crippen LogP contribution in [0.2, 0.25) is 0 Å². The van der Waals surface area contributed by atoms with Crippen LogP contribution in [0.5, 0.6) is 0 Å². The molecule has 0 spiro atoms. The van der Waals surface area contributed by atoms with Crippen molar-refractivity contribution in [3.05, 3.63) is 23.8 Å². The van der Waals surface area contributed by atoms with Crippen LogP contribution in [0.1, 0.15) is 12.5 Å². The number of rotatable bonds is 3. The van der Waals surface area contributed by atoms with Crippen LogP contribution in [0.25, 0.3) is 0 Å². The zero-order valence-electron chi connectivity index (χ0n) is 9.60. The zero-order chi connectivity index (χ0) is 13.2. The summed E-state index contributed by atoms with van der Waals surface area (Å²) in [4.78, 5) is 11.4. The van der Waals surface area contributed by atoms with E-state index in [4.69, 9.17) is 10.9 Å². The number of hydrogen-bond donors (Lipinski definition) is 3. The van der Waals surface area contributed by atoms with Crippen molar-refractivity contribution >= 4 is 21.6 Å².